The van der Waals surface area contributed by atoms with Gasteiger partial charge in [0.05, 0.1) is 25.0 Å². The Hall–Kier alpha value is -2.54. The molecule has 0 aliphatic carbocycles. The van der Waals surface area contributed by atoms with Crippen LogP contribution < -0.4 is 14.8 Å². The summed E-state index contributed by atoms with van der Waals surface area (Å²) in [5.41, 5.74) is 3.07. The topological polar surface area (TPSA) is 84.5 Å². The summed E-state index contributed by atoms with van der Waals surface area (Å²) in [5, 5.41) is 2.82. The number of anilines is 2. The van der Waals surface area contributed by atoms with Crippen LogP contribution in [-0.2, 0) is 27.7 Å². The number of hydrogen-bond acceptors (Lipinski definition) is 4. The number of carbonyl (C=O) groups is 1. The van der Waals surface area contributed by atoms with Crippen molar-refractivity contribution in [3.63, 3.8) is 0 Å². The van der Waals surface area contributed by atoms with Crippen molar-refractivity contribution in [2.75, 3.05) is 22.9 Å². The van der Waals surface area contributed by atoms with Gasteiger partial charge in [0.25, 0.3) is 0 Å². The van der Waals surface area contributed by atoms with Crippen LogP contribution in [0.3, 0.4) is 0 Å². The predicted molar refractivity (Wildman–Crippen MR) is 113 cm³/mol. The molecule has 28 heavy (non-hydrogen) atoms. The number of amides is 1. The van der Waals surface area contributed by atoms with E-state index in [1.54, 1.807) is 25.1 Å². The van der Waals surface area contributed by atoms with Crippen LogP contribution in [-0.4, -0.2) is 27.2 Å². The maximum Gasteiger partial charge on any atom is 0.232 e. The molecule has 0 atom stereocenters. The van der Waals surface area contributed by atoms with Gasteiger partial charge < -0.3 is 10.1 Å². The molecule has 6 nitrogen and oxygen atoms in total. The van der Waals surface area contributed by atoms with Gasteiger partial charge in [-0.2, -0.15) is 0 Å². The van der Waals surface area contributed by atoms with Gasteiger partial charge in [0.1, 0.15) is 5.75 Å². The molecule has 0 saturated carbocycles. The molecule has 152 valence electrons. The predicted octanol–water partition coefficient (Wildman–Crippen LogP) is 3.84. The van der Waals surface area contributed by atoms with Crippen molar-refractivity contribution in [1.82, 2.24) is 0 Å². The molecule has 2 N–H and O–H groups in total. The van der Waals surface area contributed by atoms with Crippen LogP contribution in [0.1, 0.15) is 31.9 Å². The third kappa shape index (κ3) is 6.56. The highest BCUT2D eigenvalue weighted by atomic mass is 32.2. The molecule has 0 unspecified atom stereocenters. The minimum atomic E-state index is -3.41. The largest absolute Gasteiger partial charge is 0.494 e. The Balaban J connectivity index is 2.03. The zero-order valence-electron chi connectivity index (χ0n) is 16.8. The minimum absolute atomic E-state index is 0.0371. The van der Waals surface area contributed by atoms with Crippen LogP contribution in [0.2, 0.25) is 0 Å². The van der Waals surface area contributed by atoms with Crippen LogP contribution in [0.4, 0.5) is 11.4 Å². The van der Waals surface area contributed by atoms with Gasteiger partial charge in [0.15, 0.2) is 0 Å². The van der Waals surface area contributed by atoms with Crippen LogP contribution in [0, 0.1) is 5.92 Å². The van der Waals surface area contributed by atoms with Crippen LogP contribution in [0.5, 0.6) is 5.75 Å². The zero-order valence-corrected chi connectivity index (χ0v) is 17.6. The normalized spacial score (nSPS) is 11.3. The van der Waals surface area contributed by atoms with Crippen LogP contribution >= 0.6 is 0 Å². The number of nitrogens with one attached hydrogen (secondary N) is 2. The molecule has 0 aliphatic rings. The highest BCUT2D eigenvalue weighted by molar-refractivity contribution is 7.92. The van der Waals surface area contributed by atoms with Crippen molar-refractivity contribution >= 4 is 27.3 Å². The smallest absolute Gasteiger partial charge is 0.232 e. The molecule has 2 aromatic carbocycles. The number of hydrogen-bond donors (Lipinski definition) is 2. The molecule has 0 radical (unpaired) electrons. The van der Waals surface area contributed by atoms with Gasteiger partial charge in [-0.15, -0.1) is 0 Å². The number of ether oxygens (including phenoxy) is 1. The van der Waals surface area contributed by atoms with E-state index in [2.05, 4.69) is 36.0 Å². The van der Waals surface area contributed by atoms with Gasteiger partial charge in [-0.05, 0) is 42.5 Å². The SMILES string of the molecule is CCS(=O)(=O)Nc1ccc(NC(=O)Cc2ccc(CC(C)C)cc2)cc1OC. The van der Waals surface area contributed by atoms with Crippen molar-refractivity contribution in [1.29, 1.82) is 0 Å². The fourth-order valence-electron chi connectivity index (χ4n) is 2.75. The lowest BCUT2D eigenvalue weighted by atomic mass is 10.0. The van der Waals surface area contributed by atoms with Crippen molar-refractivity contribution in [2.45, 2.75) is 33.6 Å². The van der Waals surface area contributed by atoms with E-state index in [4.69, 9.17) is 4.74 Å². The average Bonchev–Trinajstić information content (AvgIpc) is 2.64. The molecule has 0 spiro atoms. The Kier molecular flexibility index (Phi) is 7.45. The lowest BCUT2D eigenvalue weighted by molar-refractivity contribution is -0.115. The second kappa shape index (κ2) is 9.59. The quantitative estimate of drug-likeness (QED) is 0.665. The Bertz CT molecular complexity index is 907. The second-order valence-electron chi connectivity index (χ2n) is 7.06. The summed E-state index contributed by atoms with van der Waals surface area (Å²) < 4.78 is 31.2. The molecule has 1 amide bonds. The molecule has 0 aromatic heterocycles. The number of sulfonamides is 1. The van der Waals surface area contributed by atoms with E-state index >= 15 is 0 Å². The van der Waals surface area contributed by atoms with E-state index in [0.717, 1.165) is 12.0 Å². The van der Waals surface area contributed by atoms with E-state index < -0.39 is 10.0 Å². The molecule has 2 aromatic rings. The Labute approximate surface area is 167 Å². The Morgan fingerprint density at radius 2 is 1.71 bits per heavy atom. The molecule has 0 fully saturated rings. The highest BCUT2D eigenvalue weighted by Crippen LogP contribution is 2.29. The lowest BCUT2D eigenvalue weighted by Gasteiger charge is -2.13. The summed E-state index contributed by atoms with van der Waals surface area (Å²) in [7, 11) is -1.96. The third-order valence-electron chi connectivity index (χ3n) is 4.16. The number of rotatable bonds is 9. The maximum atomic E-state index is 12.3. The first-order valence-electron chi connectivity index (χ1n) is 9.28. The van der Waals surface area contributed by atoms with E-state index in [1.807, 2.05) is 12.1 Å². The molecule has 0 saturated heterocycles. The summed E-state index contributed by atoms with van der Waals surface area (Å²) in [6, 6.07) is 12.9. The second-order valence-corrected chi connectivity index (χ2v) is 9.07. The first kappa shape index (κ1) is 21.8. The minimum Gasteiger partial charge on any atom is -0.494 e. The molecule has 2 rings (SSSR count). The van der Waals surface area contributed by atoms with Crippen molar-refractivity contribution < 1.29 is 17.9 Å². The molecule has 0 bridgehead atoms. The number of methoxy groups -OCH3 is 1. The summed E-state index contributed by atoms with van der Waals surface area (Å²) in [4.78, 5) is 12.3. The van der Waals surface area contributed by atoms with E-state index in [-0.39, 0.29) is 18.1 Å². The molecule has 0 heterocycles. The highest BCUT2D eigenvalue weighted by Gasteiger charge is 2.13. The van der Waals surface area contributed by atoms with Gasteiger partial charge in [0, 0.05) is 11.8 Å². The summed E-state index contributed by atoms with van der Waals surface area (Å²) >= 11 is 0. The number of carbonyl (C=O) groups excluding carboxylic acids is 1. The molecular formula is C21H28N2O4S. The Morgan fingerprint density at radius 1 is 1.07 bits per heavy atom. The first-order chi connectivity index (χ1) is 13.2. The summed E-state index contributed by atoms with van der Waals surface area (Å²) in [6.45, 7) is 5.90. The first-order valence-corrected chi connectivity index (χ1v) is 10.9. The maximum absolute atomic E-state index is 12.3. The standard InChI is InChI=1S/C21H28N2O4S/c1-5-28(25,26)23-19-11-10-18(14-20(19)27-4)22-21(24)13-17-8-6-16(7-9-17)12-15(2)3/h6-11,14-15,23H,5,12-13H2,1-4H3,(H,22,24). The van der Waals surface area contributed by atoms with Crippen molar-refractivity contribution in [3.05, 3.63) is 53.6 Å². The van der Waals surface area contributed by atoms with Gasteiger partial charge in [-0.1, -0.05) is 38.1 Å². The molecular weight excluding hydrogens is 376 g/mol. The average molecular weight is 405 g/mol. The summed E-state index contributed by atoms with van der Waals surface area (Å²) in [5.74, 6) is 0.743. The molecule has 0 aliphatic heterocycles. The monoisotopic (exact) mass is 404 g/mol. The van der Waals surface area contributed by atoms with E-state index in [1.165, 1.54) is 12.7 Å². The van der Waals surface area contributed by atoms with Crippen molar-refractivity contribution in [2.24, 2.45) is 5.92 Å². The fraction of sp³-hybridized carbons (Fsp3) is 0.381. The van der Waals surface area contributed by atoms with E-state index in [9.17, 15) is 13.2 Å². The fourth-order valence-corrected chi connectivity index (χ4v) is 3.40. The molecule has 7 heteroatoms. The van der Waals surface area contributed by atoms with Gasteiger partial charge in [-0.3, -0.25) is 9.52 Å². The van der Waals surface area contributed by atoms with Crippen molar-refractivity contribution in [3.8, 4) is 5.75 Å². The van der Waals surface area contributed by atoms with Gasteiger partial charge >= 0.3 is 0 Å². The van der Waals surface area contributed by atoms with Crippen LogP contribution in [0.15, 0.2) is 42.5 Å². The third-order valence-corrected chi connectivity index (χ3v) is 5.45. The van der Waals surface area contributed by atoms with Gasteiger partial charge in [0.2, 0.25) is 15.9 Å². The van der Waals surface area contributed by atoms with Crippen LogP contribution in [0.25, 0.3) is 0 Å². The Morgan fingerprint density at radius 3 is 2.29 bits per heavy atom. The number of benzene rings is 2. The van der Waals surface area contributed by atoms with E-state index in [0.29, 0.717) is 23.0 Å². The lowest BCUT2D eigenvalue weighted by Crippen LogP contribution is -2.16. The summed E-state index contributed by atoms with van der Waals surface area (Å²) in [6.07, 6.45) is 1.27. The zero-order chi connectivity index (χ0) is 20.7. The van der Waals surface area contributed by atoms with Gasteiger partial charge in [-0.25, -0.2) is 8.42 Å².